The summed E-state index contributed by atoms with van der Waals surface area (Å²) < 4.78 is 28.5. The molecule has 0 aliphatic carbocycles. The number of halogens is 4. The third-order valence-electron chi connectivity index (χ3n) is 8.18. The lowest BCUT2D eigenvalue weighted by Gasteiger charge is -2.37. The van der Waals surface area contributed by atoms with E-state index in [9.17, 15) is 33.1 Å². The summed E-state index contributed by atoms with van der Waals surface area (Å²) >= 11 is 0. The van der Waals surface area contributed by atoms with E-state index in [0.717, 1.165) is 30.9 Å². The molecule has 0 aromatic heterocycles. The van der Waals surface area contributed by atoms with Crippen molar-refractivity contribution >= 4 is 29.4 Å². The fraction of sp³-hybridized carbons (Fsp3) is 0.448. The minimum atomic E-state index is -1.38. The number of nitrogens with two attached hydrogens (primary N) is 3. The van der Waals surface area contributed by atoms with Crippen LogP contribution in [-0.4, -0.2) is 79.0 Å². The molecule has 236 valence electrons. The largest absolute Gasteiger partial charge is 1.00 e. The van der Waals surface area contributed by atoms with Crippen molar-refractivity contribution in [1.29, 1.82) is 0 Å². The van der Waals surface area contributed by atoms with E-state index in [1.807, 2.05) is 12.1 Å². The lowest BCUT2D eigenvalue weighted by Crippen LogP contribution is -3.02. The lowest BCUT2D eigenvalue weighted by atomic mass is 9.69. The first-order valence-corrected chi connectivity index (χ1v) is 13.9. The highest BCUT2D eigenvalue weighted by Gasteiger charge is 2.56. The molecule has 2 heterocycles. The van der Waals surface area contributed by atoms with Crippen LogP contribution in [0.4, 0.5) is 14.5 Å². The SMILES string of the molecule is CCC1[NH2+]C(=O)C(C(=O)[NH2+]CCCN2CCN(c3ccccc3C(N)=O)CC2)C(c2ccc(F)cc2F)C1C(=O)O.[Cl-].[Cl-]. The molecule has 2 aromatic rings. The van der Waals surface area contributed by atoms with E-state index >= 15 is 0 Å². The number of hydrogen-bond donors (Lipinski definition) is 4. The Labute approximate surface area is 261 Å². The molecule has 4 atom stereocenters. The van der Waals surface area contributed by atoms with E-state index < -0.39 is 59.1 Å². The van der Waals surface area contributed by atoms with Gasteiger partial charge in [0.2, 0.25) is 0 Å². The zero-order valence-electron chi connectivity index (χ0n) is 23.7. The highest BCUT2D eigenvalue weighted by molar-refractivity contribution is 5.98. The Hall–Kier alpha value is -3.16. The number of carboxylic acid groups (broad SMARTS) is 1. The number of benzene rings is 2. The number of quaternary nitrogens is 2. The van der Waals surface area contributed by atoms with Crippen LogP contribution >= 0.6 is 0 Å². The predicted octanol–water partition coefficient (Wildman–Crippen LogP) is -6.34. The zero-order chi connectivity index (χ0) is 29.7. The van der Waals surface area contributed by atoms with Gasteiger partial charge in [0, 0.05) is 56.8 Å². The number of piperazine rings is 1. The minimum Gasteiger partial charge on any atom is -1.00 e. The van der Waals surface area contributed by atoms with Crippen molar-refractivity contribution in [3.05, 3.63) is 65.2 Å². The molecule has 14 heteroatoms. The second kappa shape index (κ2) is 16.1. The quantitative estimate of drug-likeness (QED) is 0.148. The fourth-order valence-electron chi connectivity index (χ4n) is 6.10. The summed E-state index contributed by atoms with van der Waals surface area (Å²) in [5, 5.41) is 12.7. The van der Waals surface area contributed by atoms with Crippen molar-refractivity contribution in [1.82, 2.24) is 4.90 Å². The third-order valence-corrected chi connectivity index (χ3v) is 8.18. The standard InChI is InChI=1S/C29H35F2N5O5.2ClH/c1-2-21-24(29(40)41)23(18-9-8-17(30)16-20(18)31)25(28(39)34-21)27(38)33-10-5-11-35-12-14-36(15-13-35)22-7-4-3-6-19(22)26(32)37;;/h3-4,6-9,16,21,23-25H,2,5,10-15H2,1H3,(H2,32,37)(H,33,38)(H,34,39)(H,40,41);2*1H. The van der Waals surface area contributed by atoms with E-state index in [1.54, 1.807) is 19.1 Å². The van der Waals surface area contributed by atoms with Crippen LogP contribution in [0.25, 0.3) is 0 Å². The van der Waals surface area contributed by atoms with Gasteiger partial charge in [0.15, 0.2) is 5.92 Å². The summed E-state index contributed by atoms with van der Waals surface area (Å²) in [6.45, 7) is 5.71. The molecule has 3 amide bonds. The normalized spacial score (nSPS) is 22.3. The molecule has 0 radical (unpaired) electrons. The molecule has 7 N–H and O–H groups in total. The van der Waals surface area contributed by atoms with Crippen LogP contribution < -0.4 is 46.1 Å². The molecule has 2 aromatic carbocycles. The van der Waals surface area contributed by atoms with Crippen LogP contribution in [-0.2, 0) is 14.4 Å². The summed E-state index contributed by atoms with van der Waals surface area (Å²) in [4.78, 5) is 54.8. The number of carboxylic acids is 1. The van der Waals surface area contributed by atoms with Gasteiger partial charge < -0.3 is 40.6 Å². The Kier molecular flexibility index (Phi) is 13.5. The highest BCUT2D eigenvalue weighted by Crippen LogP contribution is 2.38. The highest BCUT2D eigenvalue weighted by atomic mass is 35.5. The van der Waals surface area contributed by atoms with Crippen molar-refractivity contribution in [2.75, 3.05) is 44.2 Å². The molecule has 4 unspecified atom stereocenters. The molecule has 0 saturated carbocycles. The van der Waals surface area contributed by atoms with Gasteiger partial charge in [-0.1, -0.05) is 25.1 Å². The van der Waals surface area contributed by atoms with Crippen LogP contribution in [0.15, 0.2) is 42.5 Å². The van der Waals surface area contributed by atoms with Gasteiger partial charge in [-0.3, -0.25) is 25.1 Å². The maximum absolute atomic E-state index is 14.9. The lowest BCUT2D eigenvalue weighted by molar-refractivity contribution is -0.627. The summed E-state index contributed by atoms with van der Waals surface area (Å²) in [6, 6.07) is 9.36. The van der Waals surface area contributed by atoms with Crippen molar-refractivity contribution in [2.45, 2.75) is 31.7 Å². The van der Waals surface area contributed by atoms with Gasteiger partial charge in [-0.15, -0.1) is 0 Å². The molecule has 2 fully saturated rings. The first-order chi connectivity index (χ1) is 19.6. The molecule has 0 spiro atoms. The van der Waals surface area contributed by atoms with Gasteiger partial charge in [0.1, 0.15) is 23.6 Å². The van der Waals surface area contributed by atoms with Crippen LogP contribution in [0.3, 0.4) is 0 Å². The van der Waals surface area contributed by atoms with Gasteiger partial charge in [-0.2, -0.15) is 0 Å². The predicted molar refractivity (Wildman–Crippen MR) is 145 cm³/mol. The minimum absolute atomic E-state index is 0. The zero-order valence-corrected chi connectivity index (χ0v) is 25.2. The van der Waals surface area contributed by atoms with Crippen molar-refractivity contribution < 1.29 is 68.5 Å². The Morgan fingerprint density at radius 1 is 1.07 bits per heavy atom. The van der Waals surface area contributed by atoms with Crippen LogP contribution in [0.5, 0.6) is 0 Å². The summed E-state index contributed by atoms with van der Waals surface area (Å²) in [5.74, 6) is -8.40. The van der Waals surface area contributed by atoms with Crippen molar-refractivity contribution in [3.63, 3.8) is 0 Å². The Bertz CT molecular complexity index is 1310. The van der Waals surface area contributed by atoms with E-state index in [0.29, 0.717) is 50.7 Å². The number of piperidine rings is 1. The van der Waals surface area contributed by atoms with Gasteiger partial charge in [-0.05, 0) is 30.2 Å². The van der Waals surface area contributed by atoms with Crippen LogP contribution in [0.2, 0.25) is 0 Å². The number of carbonyl (C=O) groups excluding carboxylic acids is 3. The number of carbonyl (C=O) groups is 4. The molecule has 2 saturated heterocycles. The first kappa shape index (κ1) is 36.0. The topological polar surface area (TPSA) is 154 Å². The molecular weight excluding hydrogens is 607 g/mol. The Balaban J connectivity index is 0.00000323. The number of aliphatic carboxylic acids is 1. The van der Waals surface area contributed by atoms with E-state index in [2.05, 4.69) is 9.80 Å². The number of amides is 3. The monoisotopic (exact) mass is 643 g/mol. The maximum atomic E-state index is 14.9. The fourth-order valence-corrected chi connectivity index (χ4v) is 6.10. The molecular formula is C29H37Cl2F2N5O5. The molecule has 2 aliphatic heterocycles. The number of anilines is 1. The van der Waals surface area contributed by atoms with Gasteiger partial charge in [0.25, 0.3) is 5.91 Å². The smallest absolute Gasteiger partial charge is 0.328 e. The summed E-state index contributed by atoms with van der Waals surface area (Å²) in [5.41, 5.74) is 6.67. The molecule has 0 bridgehead atoms. The first-order valence-electron chi connectivity index (χ1n) is 13.9. The number of para-hydroxylation sites is 1. The second-order valence-corrected chi connectivity index (χ2v) is 10.6. The van der Waals surface area contributed by atoms with Crippen molar-refractivity contribution in [2.24, 2.45) is 17.6 Å². The average molecular weight is 645 g/mol. The number of primary amides is 3. The summed E-state index contributed by atoms with van der Waals surface area (Å²) in [6.07, 6.45) is 0.956. The molecule has 2 aliphatic rings. The van der Waals surface area contributed by atoms with Crippen LogP contribution in [0, 0.1) is 23.5 Å². The van der Waals surface area contributed by atoms with E-state index in [4.69, 9.17) is 5.73 Å². The van der Waals surface area contributed by atoms with Gasteiger partial charge in [0.05, 0.1) is 12.1 Å². The van der Waals surface area contributed by atoms with Gasteiger partial charge >= 0.3 is 17.8 Å². The maximum Gasteiger partial charge on any atom is 0.328 e. The Morgan fingerprint density at radius 2 is 1.74 bits per heavy atom. The molecule has 43 heavy (non-hydrogen) atoms. The summed E-state index contributed by atoms with van der Waals surface area (Å²) in [7, 11) is 0. The van der Waals surface area contributed by atoms with E-state index in [-0.39, 0.29) is 30.4 Å². The second-order valence-electron chi connectivity index (χ2n) is 10.6. The average Bonchev–Trinajstić information content (AvgIpc) is 2.94. The Morgan fingerprint density at radius 3 is 2.35 bits per heavy atom. The molecule has 4 rings (SSSR count). The van der Waals surface area contributed by atoms with E-state index in [1.165, 1.54) is 10.6 Å². The van der Waals surface area contributed by atoms with Crippen molar-refractivity contribution in [3.8, 4) is 0 Å². The van der Waals surface area contributed by atoms with Crippen LogP contribution in [0.1, 0.15) is 41.6 Å². The number of nitrogens with zero attached hydrogens (tertiary/aromatic N) is 2. The van der Waals surface area contributed by atoms with Gasteiger partial charge in [-0.25, -0.2) is 18.4 Å². The number of hydrogen-bond acceptors (Lipinski definition) is 6. The molecule has 10 nitrogen and oxygen atoms in total. The third kappa shape index (κ3) is 8.27. The number of rotatable bonds is 10.